The van der Waals surface area contributed by atoms with Crippen LogP contribution in [0.5, 0.6) is 5.75 Å². The summed E-state index contributed by atoms with van der Waals surface area (Å²) in [6.07, 6.45) is 4.96. The zero-order chi connectivity index (χ0) is 23.5. The zero-order valence-electron chi connectivity index (χ0n) is 18.2. The van der Waals surface area contributed by atoms with Crippen LogP contribution >= 0.6 is 0 Å². The summed E-state index contributed by atoms with van der Waals surface area (Å²) in [5.41, 5.74) is 5.93. The van der Waals surface area contributed by atoms with E-state index >= 15 is 0 Å². The Morgan fingerprint density at radius 2 is 2.03 bits per heavy atom. The number of hydrogen-bond donors (Lipinski definition) is 2. The van der Waals surface area contributed by atoms with Crippen LogP contribution in [0.2, 0.25) is 0 Å². The van der Waals surface area contributed by atoms with Gasteiger partial charge in [-0.25, -0.2) is 0 Å². The smallest absolute Gasteiger partial charge is 0.387 e. The predicted molar refractivity (Wildman–Crippen MR) is 115 cm³/mol. The van der Waals surface area contributed by atoms with E-state index in [-0.39, 0.29) is 48.8 Å². The maximum absolute atomic E-state index is 13.1. The molecule has 0 radical (unpaired) electrons. The van der Waals surface area contributed by atoms with E-state index in [1.54, 1.807) is 0 Å². The van der Waals surface area contributed by atoms with Crippen molar-refractivity contribution in [3.63, 3.8) is 0 Å². The molecule has 1 aromatic rings. The highest BCUT2D eigenvalue weighted by molar-refractivity contribution is 6.10. The third kappa shape index (κ3) is 5.59. The van der Waals surface area contributed by atoms with Gasteiger partial charge in [0.25, 0.3) is 11.8 Å². The van der Waals surface area contributed by atoms with Crippen molar-refractivity contribution in [2.45, 2.75) is 50.8 Å². The molecule has 180 valence electrons. The highest BCUT2D eigenvalue weighted by Gasteiger charge is 2.40. The van der Waals surface area contributed by atoms with E-state index in [0.717, 1.165) is 32.1 Å². The molecule has 0 unspecified atom stereocenters. The molecule has 1 heterocycles. The number of halogens is 2. The molecular weight excluding hydrogens is 438 g/mol. The number of alkyl halides is 2. The van der Waals surface area contributed by atoms with Gasteiger partial charge in [0.1, 0.15) is 6.61 Å². The van der Waals surface area contributed by atoms with Gasteiger partial charge >= 0.3 is 6.61 Å². The van der Waals surface area contributed by atoms with Gasteiger partial charge in [0.05, 0.1) is 12.3 Å². The fourth-order valence-electron chi connectivity index (χ4n) is 4.21. The van der Waals surface area contributed by atoms with Crippen LogP contribution in [0.15, 0.2) is 18.2 Å². The van der Waals surface area contributed by atoms with Crippen molar-refractivity contribution < 1.29 is 32.6 Å². The molecule has 3 fully saturated rings. The average Bonchev–Trinajstić information content (AvgIpc) is 3.51. The van der Waals surface area contributed by atoms with Gasteiger partial charge in [0, 0.05) is 30.9 Å². The molecule has 2 saturated carbocycles. The van der Waals surface area contributed by atoms with Gasteiger partial charge in [0.15, 0.2) is 11.8 Å². The number of hydrogen-bond acceptors (Lipinski definition) is 6. The number of amides is 3. The van der Waals surface area contributed by atoms with Gasteiger partial charge < -0.3 is 25.4 Å². The fourth-order valence-corrected chi connectivity index (χ4v) is 4.21. The lowest BCUT2D eigenvalue weighted by Crippen LogP contribution is -2.57. The van der Waals surface area contributed by atoms with Crippen LogP contribution in [-0.4, -0.2) is 67.6 Å². The number of rotatable bonds is 10. The lowest BCUT2D eigenvalue weighted by atomic mass is 9.89. The van der Waals surface area contributed by atoms with Crippen molar-refractivity contribution in [3.05, 3.63) is 18.2 Å². The maximum atomic E-state index is 13.1. The second kappa shape index (κ2) is 10.0. The van der Waals surface area contributed by atoms with Crippen molar-refractivity contribution in [1.82, 2.24) is 4.90 Å². The Labute approximate surface area is 190 Å². The number of nitrogens with one attached hydrogen (secondary N) is 1. The lowest BCUT2D eigenvalue weighted by Gasteiger charge is -2.40. The van der Waals surface area contributed by atoms with Crippen LogP contribution < -0.4 is 20.7 Å². The van der Waals surface area contributed by atoms with Gasteiger partial charge in [0.2, 0.25) is 5.91 Å². The van der Waals surface area contributed by atoms with E-state index in [9.17, 15) is 23.2 Å². The van der Waals surface area contributed by atoms with Gasteiger partial charge in [-0.05, 0) is 43.7 Å². The van der Waals surface area contributed by atoms with Crippen LogP contribution in [-0.2, 0) is 19.1 Å². The van der Waals surface area contributed by atoms with E-state index in [1.165, 1.54) is 23.1 Å². The molecular formula is C22H28F2N4O5. The second-order valence-electron chi connectivity index (χ2n) is 8.68. The van der Waals surface area contributed by atoms with Crippen LogP contribution in [0.1, 0.15) is 32.1 Å². The number of carbonyl (C=O) groups excluding carboxylic acids is 3. The minimum atomic E-state index is -3.13. The molecule has 2 aliphatic carbocycles. The summed E-state index contributed by atoms with van der Waals surface area (Å²) in [4.78, 5) is 40.7. The predicted octanol–water partition coefficient (Wildman–Crippen LogP) is 1.71. The molecule has 11 heteroatoms. The fraction of sp³-hybridized carbons (Fsp3) is 0.591. The summed E-state index contributed by atoms with van der Waals surface area (Å²) >= 11 is 0. The molecule has 1 atom stereocenters. The van der Waals surface area contributed by atoms with E-state index in [1.807, 2.05) is 4.90 Å². The molecule has 3 N–H and O–H groups in total. The van der Waals surface area contributed by atoms with Crippen molar-refractivity contribution in [2.24, 2.45) is 11.7 Å². The first-order valence-corrected chi connectivity index (χ1v) is 11.2. The number of nitrogens with zero attached hydrogens (tertiary/aromatic N) is 2. The van der Waals surface area contributed by atoms with E-state index in [4.69, 9.17) is 10.5 Å². The van der Waals surface area contributed by atoms with Crippen LogP contribution in [0.4, 0.5) is 20.2 Å². The number of benzene rings is 1. The Hall–Kier alpha value is -2.79. The quantitative estimate of drug-likeness (QED) is 0.508. The van der Waals surface area contributed by atoms with E-state index in [0.29, 0.717) is 12.5 Å². The Balaban J connectivity index is 1.55. The molecule has 3 amide bonds. The van der Waals surface area contributed by atoms with E-state index < -0.39 is 24.5 Å². The molecule has 3 aliphatic rings. The number of carbonyl (C=O) groups is 3. The number of nitrogens with two attached hydrogens (primary N) is 1. The van der Waals surface area contributed by atoms with E-state index in [2.05, 4.69) is 10.1 Å². The normalized spacial score (nSPS) is 20.0. The highest BCUT2D eigenvalue weighted by Crippen LogP contribution is 2.36. The summed E-state index contributed by atoms with van der Waals surface area (Å²) in [5, 5.41) is 2.62. The standard InChI is InChI=1S/C22H28F2N4O5/c23-22(24)33-17-10-14(6-7-16(17)27-8-9-32-12-18(27)29)26-21(31)19(20(25)30)28(11-13-4-5-13)15-2-1-3-15/h6-7,10,13,15,19,22H,1-5,8-9,11-12H2,(H2,25,30)(H,26,31)/t19-/m0/s1. The Kier molecular flexibility index (Phi) is 7.08. The topological polar surface area (TPSA) is 114 Å². The first kappa shape index (κ1) is 23.4. The van der Waals surface area contributed by atoms with Gasteiger partial charge in [-0.2, -0.15) is 8.78 Å². The van der Waals surface area contributed by atoms with Crippen LogP contribution in [0, 0.1) is 5.92 Å². The summed E-state index contributed by atoms with van der Waals surface area (Å²) < 4.78 is 35.8. The number of primary amides is 1. The Morgan fingerprint density at radius 1 is 1.27 bits per heavy atom. The largest absolute Gasteiger partial charge is 0.433 e. The first-order chi connectivity index (χ1) is 15.8. The third-order valence-corrected chi connectivity index (χ3v) is 6.28. The average molecular weight is 466 g/mol. The Morgan fingerprint density at radius 3 is 2.61 bits per heavy atom. The van der Waals surface area contributed by atoms with Crippen LogP contribution in [0.25, 0.3) is 0 Å². The summed E-state index contributed by atoms with van der Waals surface area (Å²) in [5.74, 6) is -1.56. The van der Waals surface area contributed by atoms with Crippen molar-refractivity contribution in [1.29, 1.82) is 0 Å². The monoisotopic (exact) mass is 466 g/mol. The molecule has 33 heavy (non-hydrogen) atoms. The minimum Gasteiger partial charge on any atom is -0.433 e. The SMILES string of the molecule is NC(=O)[C@@H](C(=O)Nc1ccc(N2CCOCC2=O)c(OC(F)F)c1)N(CC1CC1)C1CCC1. The molecule has 1 aliphatic heterocycles. The first-order valence-electron chi connectivity index (χ1n) is 11.2. The minimum absolute atomic E-state index is 0.126. The van der Waals surface area contributed by atoms with Crippen molar-refractivity contribution in [3.8, 4) is 5.75 Å². The molecule has 0 aromatic heterocycles. The van der Waals surface area contributed by atoms with Gasteiger partial charge in [-0.3, -0.25) is 19.3 Å². The number of ether oxygens (including phenoxy) is 2. The van der Waals surface area contributed by atoms with Gasteiger partial charge in [-0.1, -0.05) is 6.42 Å². The second-order valence-corrected chi connectivity index (χ2v) is 8.68. The number of anilines is 2. The molecule has 1 aromatic carbocycles. The highest BCUT2D eigenvalue weighted by atomic mass is 19.3. The molecule has 1 saturated heterocycles. The molecule has 0 spiro atoms. The molecule has 0 bridgehead atoms. The Bertz CT molecular complexity index is 907. The summed E-state index contributed by atoms with van der Waals surface area (Å²) in [6, 6.07) is 3.08. The van der Waals surface area contributed by atoms with Crippen LogP contribution in [0.3, 0.4) is 0 Å². The maximum Gasteiger partial charge on any atom is 0.387 e. The number of morpholine rings is 1. The summed E-state index contributed by atoms with van der Waals surface area (Å²) in [6.45, 7) is -2.21. The molecule has 4 rings (SSSR count). The lowest BCUT2D eigenvalue weighted by molar-refractivity contribution is -0.135. The summed E-state index contributed by atoms with van der Waals surface area (Å²) in [7, 11) is 0. The third-order valence-electron chi connectivity index (χ3n) is 6.28. The van der Waals surface area contributed by atoms with Crippen molar-refractivity contribution >= 4 is 29.1 Å². The zero-order valence-corrected chi connectivity index (χ0v) is 18.2. The molecule has 9 nitrogen and oxygen atoms in total. The van der Waals surface area contributed by atoms with Crippen molar-refractivity contribution in [2.75, 3.05) is 36.5 Å². The van der Waals surface area contributed by atoms with Gasteiger partial charge in [-0.15, -0.1) is 0 Å².